The van der Waals surface area contributed by atoms with E-state index < -0.39 is 0 Å². The van der Waals surface area contributed by atoms with Crippen molar-refractivity contribution in [1.29, 1.82) is 0 Å². The van der Waals surface area contributed by atoms with Gasteiger partial charge in [-0.3, -0.25) is 0 Å². The molecule has 1 heterocycles. The largest absolute Gasteiger partial charge is 0.392 e. The minimum Gasteiger partial charge on any atom is -0.392 e. The van der Waals surface area contributed by atoms with Gasteiger partial charge in [-0.05, 0) is 37.0 Å². The number of ether oxygens (including phenoxy) is 1. The molecule has 2 nitrogen and oxygen atoms in total. The van der Waals surface area contributed by atoms with Gasteiger partial charge in [-0.2, -0.15) is 0 Å². The fourth-order valence-electron chi connectivity index (χ4n) is 2.10. The Morgan fingerprint density at radius 3 is 2.75 bits per heavy atom. The summed E-state index contributed by atoms with van der Waals surface area (Å²) in [6, 6.07) is 6.31. The van der Waals surface area contributed by atoms with Crippen LogP contribution in [0.1, 0.15) is 18.4 Å². The van der Waals surface area contributed by atoms with Crippen LogP contribution in [0.15, 0.2) is 24.3 Å². The van der Waals surface area contributed by atoms with E-state index in [9.17, 15) is 9.50 Å². The van der Waals surface area contributed by atoms with Crippen LogP contribution in [-0.2, 0) is 11.2 Å². The molecule has 1 aliphatic rings. The van der Waals surface area contributed by atoms with Gasteiger partial charge in [0.2, 0.25) is 0 Å². The lowest BCUT2D eigenvalue weighted by atomic mass is 9.91. The third kappa shape index (κ3) is 3.03. The molecule has 88 valence electrons. The van der Waals surface area contributed by atoms with Crippen LogP contribution in [0.25, 0.3) is 0 Å². The Hall–Kier alpha value is -0.930. The van der Waals surface area contributed by atoms with Crippen LogP contribution in [0.4, 0.5) is 4.39 Å². The van der Waals surface area contributed by atoms with E-state index in [4.69, 9.17) is 4.74 Å². The first-order valence-electron chi connectivity index (χ1n) is 5.76. The zero-order chi connectivity index (χ0) is 11.4. The van der Waals surface area contributed by atoms with Gasteiger partial charge in [-0.15, -0.1) is 0 Å². The summed E-state index contributed by atoms with van der Waals surface area (Å²) >= 11 is 0. The Labute approximate surface area is 95.1 Å². The summed E-state index contributed by atoms with van der Waals surface area (Å²) in [7, 11) is 0. The molecule has 1 fully saturated rings. The van der Waals surface area contributed by atoms with Crippen molar-refractivity contribution in [1.82, 2.24) is 0 Å². The van der Waals surface area contributed by atoms with Gasteiger partial charge in [-0.25, -0.2) is 4.39 Å². The van der Waals surface area contributed by atoms with E-state index in [1.807, 2.05) is 0 Å². The van der Waals surface area contributed by atoms with Gasteiger partial charge in [-0.1, -0.05) is 12.1 Å². The smallest absolute Gasteiger partial charge is 0.123 e. The van der Waals surface area contributed by atoms with Crippen LogP contribution in [0, 0.1) is 11.7 Å². The number of halogens is 1. The Morgan fingerprint density at radius 2 is 2.12 bits per heavy atom. The molecule has 16 heavy (non-hydrogen) atoms. The molecule has 2 atom stereocenters. The minimum absolute atomic E-state index is 0.221. The van der Waals surface area contributed by atoms with E-state index in [2.05, 4.69) is 0 Å². The zero-order valence-electron chi connectivity index (χ0n) is 9.23. The van der Waals surface area contributed by atoms with Crippen molar-refractivity contribution in [2.45, 2.75) is 25.4 Å². The first-order valence-corrected chi connectivity index (χ1v) is 5.76. The molecule has 0 bridgehead atoms. The van der Waals surface area contributed by atoms with Crippen molar-refractivity contribution in [2.75, 3.05) is 13.2 Å². The highest BCUT2D eigenvalue weighted by molar-refractivity contribution is 5.17. The molecule has 0 radical (unpaired) electrons. The second-order valence-corrected chi connectivity index (χ2v) is 4.38. The summed E-state index contributed by atoms with van der Waals surface area (Å²) in [4.78, 5) is 0. The Kier molecular flexibility index (Phi) is 3.91. The molecule has 3 heteroatoms. The molecule has 2 rings (SSSR count). The maximum Gasteiger partial charge on any atom is 0.123 e. The molecular weight excluding hydrogens is 207 g/mol. The molecule has 0 aliphatic carbocycles. The van der Waals surface area contributed by atoms with Crippen molar-refractivity contribution in [3.63, 3.8) is 0 Å². The van der Waals surface area contributed by atoms with E-state index in [-0.39, 0.29) is 17.8 Å². The van der Waals surface area contributed by atoms with Crippen molar-refractivity contribution in [3.8, 4) is 0 Å². The van der Waals surface area contributed by atoms with Crippen LogP contribution < -0.4 is 0 Å². The summed E-state index contributed by atoms with van der Waals surface area (Å²) in [5.74, 6) is -0.0157. The third-order valence-corrected chi connectivity index (χ3v) is 3.10. The van der Waals surface area contributed by atoms with Crippen molar-refractivity contribution >= 4 is 0 Å². The summed E-state index contributed by atoms with van der Waals surface area (Å²) in [5, 5.41) is 10.0. The Balaban J connectivity index is 1.90. The molecule has 1 aliphatic heterocycles. The van der Waals surface area contributed by atoms with E-state index in [0.717, 1.165) is 25.0 Å². The third-order valence-electron chi connectivity index (χ3n) is 3.10. The van der Waals surface area contributed by atoms with Gasteiger partial charge in [0.1, 0.15) is 5.82 Å². The van der Waals surface area contributed by atoms with Crippen LogP contribution in [0.5, 0.6) is 0 Å². The second-order valence-electron chi connectivity index (χ2n) is 4.38. The van der Waals surface area contributed by atoms with Crippen molar-refractivity contribution < 1.29 is 14.2 Å². The lowest BCUT2D eigenvalue weighted by Gasteiger charge is -2.26. The SMILES string of the molecule is OC(Cc1ccc(F)cc1)C1CCCOC1. The summed E-state index contributed by atoms with van der Waals surface area (Å²) in [5.41, 5.74) is 0.972. The molecule has 0 spiro atoms. The molecule has 1 saturated heterocycles. The number of aliphatic hydroxyl groups excluding tert-OH is 1. The summed E-state index contributed by atoms with van der Waals surface area (Å²) in [6.45, 7) is 1.45. The van der Waals surface area contributed by atoms with Gasteiger partial charge in [0, 0.05) is 12.5 Å². The average Bonchev–Trinajstić information content (AvgIpc) is 2.33. The molecule has 0 saturated carbocycles. The maximum atomic E-state index is 12.7. The number of aliphatic hydroxyl groups is 1. The highest BCUT2D eigenvalue weighted by atomic mass is 19.1. The predicted octanol–water partition coefficient (Wildman–Crippen LogP) is 2.16. The first-order chi connectivity index (χ1) is 7.75. The highest BCUT2D eigenvalue weighted by Gasteiger charge is 2.22. The average molecular weight is 224 g/mol. The summed E-state index contributed by atoms with van der Waals surface area (Å²) < 4.78 is 18.0. The molecule has 2 unspecified atom stereocenters. The molecule has 0 amide bonds. The van der Waals surface area contributed by atoms with Crippen LogP contribution in [0.3, 0.4) is 0 Å². The standard InChI is InChI=1S/C13H17FO2/c14-12-5-3-10(4-6-12)8-13(15)11-2-1-7-16-9-11/h3-6,11,13,15H,1-2,7-9H2. The van der Waals surface area contributed by atoms with E-state index in [0.29, 0.717) is 13.0 Å². The van der Waals surface area contributed by atoms with Gasteiger partial charge < -0.3 is 9.84 Å². The van der Waals surface area contributed by atoms with Crippen LogP contribution in [0.2, 0.25) is 0 Å². The maximum absolute atomic E-state index is 12.7. The lowest BCUT2D eigenvalue weighted by Crippen LogP contribution is -2.30. The van der Waals surface area contributed by atoms with Crippen LogP contribution in [-0.4, -0.2) is 24.4 Å². The van der Waals surface area contributed by atoms with Gasteiger partial charge in [0.05, 0.1) is 12.7 Å². The molecule has 1 N–H and O–H groups in total. The number of hydrogen-bond acceptors (Lipinski definition) is 2. The minimum atomic E-state index is -0.384. The molecule has 1 aromatic carbocycles. The lowest BCUT2D eigenvalue weighted by molar-refractivity contribution is -0.00847. The van der Waals surface area contributed by atoms with Gasteiger partial charge in [0.15, 0.2) is 0 Å². The number of benzene rings is 1. The van der Waals surface area contributed by atoms with Crippen LogP contribution >= 0.6 is 0 Å². The zero-order valence-corrected chi connectivity index (χ0v) is 9.23. The van der Waals surface area contributed by atoms with Crippen molar-refractivity contribution in [2.24, 2.45) is 5.92 Å². The highest BCUT2D eigenvalue weighted by Crippen LogP contribution is 2.20. The monoisotopic (exact) mass is 224 g/mol. The van der Waals surface area contributed by atoms with E-state index in [1.54, 1.807) is 12.1 Å². The van der Waals surface area contributed by atoms with Gasteiger partial charge >= 0.3 is 0 Å². The predicted molar refractivity (Wildman–Crippen MR) is 59.7 cm³/mol. The van der Waals surface area contributed by atoms with E-state index >= 15 is 0 Å². The molecular formula is C13H17FO2. The van der Waals surface area contributed by atoms with E-state index in [1.165, 1.54) is 12.1 Å². The summed E-state index contributed by atoms with van der Waals surface area (Å²) in [6.07, 6.45) is 2.23. The first kappa shape index (κ1) is 11.6. The second kappa shape index (κ2) is 5.41. The fourth-order valence-corrected chi connectivity index (χ4v) is 2.10. The fraction of sp³-hybridized carbons (Fsp3) is 0.538. The Bertz CT molecular complexity index is 317. The number of hydrogen-bond donors (Lipinski definition) is 1. The molecule has 0 aromatic heterocycles. The topological polar surface area (TPSA) is 29.5 Å². The normalized spacial score (nSPS) is 23.0. The van der Waals surface area contributed by atoms with Gasteiger partial charge in [0.25, 0.3) is 0 Å². The quantitative estimate of drug-likeness (QED) is 0.852. The Morgan fingerprint density at radius 1 is 1.38 bits per heavy atom. The van der Waals surface area contributed by atoms with Crippen molar-refractivity contribution in [3.05, 3.63) is 35.6 Å². The molecule has 1 aromatic rings. The number of rotatable bonds is 3.